The summed E-state index contributed by atoms with van der Waals surface area (Å²) in [7, 11) is 3.40. The van der Waals surface area contributed by atoms with E-state index in [9.17, 15) is 4.79 Å². The molecule has 0 unspecified atom stereocenters. The standard InChI is InChI=1S/C21H22N8O2/c1-12(13-5-7-14(8-6-13)21(30)29(3)4)26-17(18(23)24-2)20-28-27-19(31-20)15-9-10-25-16(22)11-15/h5-11H,2,23H2,1,3-4H3,(H2,22,25)/b18-17-,26-12+. The fourth-order valence-electron chi connectivity index (χ4n) is 2.65. The van der Waals surface area contributed by atoms with Gasteiger partial charge in [-0.1, -0.05) is 12.1 Å². The summed E-state index contributed by atoms with van der Waals surface area (Å²) in [5.74, 6) is 0.581. The minimum Gasteiger partial charge on any atom is -0.414 e. The molecule has 4 N–H and O–H groups in total. The van der Waals surface area contributed by atoms with Crippen LogP contribution in [0.15, 0.2) is 62.8 Å². The molecule has 3 aromatic rings. The number of pyridine rings is 1. The lowest BCUT2D eigenvalue weighted by Crippen LogP contribution is -2.21. The quantitative estimate of drug-likeness (QED) is 0.583. The number of hydrogen-bond acceptors (Lipinski definition) is 9. The van der Waals surface area contributed by atoms with Crippen molar-refractivity contribution in [2.75, 3.05) is 19.8 Å². The summed E-state index contributed by atoms with van der Waals surface area (Å²) in [6.45, 7) is 5.24. The van der Waals surface area contributed by atoms with Crippen LogP contribution in [0.3, 0.4) is 0 Å². The average molecular weight is 418 g/mol. The van der Waals surface area contributed by atoms with Crippen LogP contribution in [0.2, 0.25) is 0 Å². The predicted molar refractivity (Wildman–Crippen MR) is 119 cm³/mol. The van der Waals surface area contributed by atoms with Crippen LogP contribution in [-0.2, 0) is 0 Å². The van der Waals surface area contributed by atoms with E-state index < -0.39 is 0 Å². The molecule has 0 spiro atoms. The molecule has 1 amide bonds. The van der Waals surface area contributed by atoms with Gasteiger partial charge >= 0.3 is 0 Å². The van der Waals surface area contributed by atoms with Crippen LogP contribution >= 0.6 is 0 Å². The molecule has 0 saturated carbocycles. The van der Waals surface area contributed by atoms with E-state index in [-0.39, 0.29) is 29.2 Å². The molecule has 0 aliphatic carbocycles. The maximum atomic E-state index is 12.1. The van der Waals surface area contributed by atoms with E-state index in [1.54, 1.807) is 57.4 Å². The van der Waals surface area contributed by atoms with Crippen molar-refractivity contribution in [3.05, 3.63) is 65.4 Å². The molecule has 2 aromatic heterocycles. The molecule has 0 fully saturated rings. The lowest BCUT2D eigenvalue weighted by molar-refractivity contribution is 0.0827. The van der Waals surface area contributed by atoms with Gasteiger partial charge in [-0.05, 0) is 43.5 Å². The molecular weight excluding hydrogens is 396 g/mol. The molecule has 0 aliphatic heterocycles. The van der Waals surface area contributed by atoms with Crippen molar-refractivity contribution in [1.29, 1.82) is 0 Å². The van der Waals surface area contributed by atoms with Crippen LogP contribution in [0.25, 0.3) is 17.2 Å². The topological polar surface area (TPSA) is 149 Å². The smallest absolute Gasteiger partial charge is 0.270 e. The zero-order valence-electron chi connectivity index (χ0n) is 17.4. The average Bonchev–Trinajstić information content (AvgIpc) is 3.26. The molecular formula is C21H22N8O2. The second-order valence-corrected chi connectivity index (χ2v) is 6.75. The fraction of sp³-hybridized carbons (Fsp3) is 0.143. The minimum atomic E-state index is -0.0861. The highest BCUT2D eigenvalue weighted by molar-refractivity contribution is 6.02. The Kier molecular flexibility index (Phi) is 6.20. The van der Waals surface area contributed by atoms with Crippen LogP contribution in [0.5, 0.6) is 0 Å². The number of rotatable bonds is 6. The Labute approximate surface area is 179 Å². The molecule has 0 bridgehead atoms. The Morgan fingerprint density at radius 2 is 1.81 bits per heavy atom. The van der Waals surface area contributed by atoms with Gasteiger partial charge in [-0.15, -0.1) is 10.2 Å². The molecule has 0 aliphatic rings. The monoisotopic (exact) mass is 418 g/mol. The maximum absolute atomic E-state index is 12.1. The first-order valence-corrected chi connectivity index (χ1v) is 9.19. The van der Waals surface area contributed by atoms with Gasteiger partial charge in [-0.3, -0.25) is 4.79 Å². The van der Waals surface area contributed by atoms with E-state index in [4.69, 9.17) is 15.9 Å². The van der Waals surface area contributed by atoms with E-state index in [1.807, 2.05) is 0 Å². The third kappa shape index (κ3) is 4.81. The summed E-state index contributed by atoms with van der Waals surface area (Å²) in [5.41, 5.74) is 14.4. The maximum Gasteiger partial charge on any atom is 0.270 e. The number of anilines is 1. The zero-order chi connectivity index (χ0) is 22.5. The molecule has 0 radical (unpaired) electrons. The van der Waals surface area contributed by atoms with E-state index in [2.05, 4.69) is 31.9 Å². The largest absolute Gasteiger partial charge is 0.414 e. The van der Waals surface area contributed by atoms with Gasteiger partial charge in [0.2, 0.25) is 5.89 Å². The summed E-state index contributed by atoms with van der Waals surface area (Å²) in [6.07, 6.45) is 1.54. The normalized spacial score (nSPS) is 12.3. The summed E-state index contributed by atoms with van der Waals surface area (Å²) in [4.78, 5) is 25.8. The Balaban J connectivity index is 1.95. The summed E-state index contributed by atoms with van der Waals surface area (Å²) < 4.78 is 5.74. The van der Waals surface area contributed by atoms with Gasteiger partial charge in [0.1, 0.15) is 5.82 Å². The van der Waals surface area contributed by atoms with Crippen molar-refractivity contribution in [2.45, 2.75) is 6.92 Å². The zero-order valence-corrected chi connectivity index (χ0v) is 17.4. The van der Waals surface area contributed by atoms with Crippen LogP contribution in [-0.4, -0.2) is 52.5 Å². The van der Waals surface area contributed by atoms with E-state index >= 15 is 0 Å². The summed E-state index contributed by atoms with van der Waals surface area (Å²) in [5, 5.41) is 8.06. The highest BCUT2D eigenvalue weighted by Crippen LogP contribution is 2.24. The van der Waals surface area contributed by atoms with Gasteiger partial charge in [-0.25, -0.2) is 15.0 Å². The van der Waals surface area contributed by atoms with Crippen molar-refractivity contribution in [2.24, 2.45) is 15.7 Å². The number of carbonyl (C=O) groups is 1. The van der Waals surface area contributed by atoms with Crippen molar-refractivity contribution < 1.29 is 9.21 Å². The molecule has 158 valence electrons. The van der Waals surface area contributed by atoms with Crippen molar-refractivity contribution in [1.82, 2.24) is 20.1 Å². The highest BCUT2D eigenvalue weighted by atomic mass is 16.4. The number of carbonyl (C=O) groups excluding carboxylic acids is 1. The number of amides is 1. The number of nitrogens with zero attached hydrogens (tertiary/aromatic N) is 6. The van der Waals surface area contributed by atoms with Crippen molar-refractivity contribution >= 4 is 29.9 Å². The number of benzene rings is 1. The van der Waals surface area contributed by atoms with Crippen LogP contribution in [0, 0.1) is 0 Å². The molecule has 0 atom stereocenters. The van der Waals surface area contributed by atoms with Gasteiger partial charge in [-0.2, -0.15) is 0 Å². The lowest BCUT2D eigenvalue weighted by Gasteiger charge is -2.10. The first-order valence-electron chi connectivity index (χ1n) is 9.19. The van der Waals surface area contributed by atoms with Gasteiger partial charge in [0.05, 0.1) is 0 Å². The highest BCUT2D eigenvalue weighted by Gasteiger charge is 2.17. The molecule has 0 saturated heterocycles. The number of aromatic nitrogens is 3. The van der Waals surface area contributed by atoms with Crippen LogP contribution in [0.4, 0.5) is 5.82 Å². The third-order valence-corrected chi connectivity index (χ3v) is 4.30. The van der Waals surface area contributed by atoms with Gasteiger partial charge < -0.3 is 20.8 Å². The van der Waals surface area contributed by atoms with Crippen LogP contribution < -0.4 is 11.5 Å². The van der Waals surface area contributed by atoms with Crippen molar-refractivity contribution in [3.63, 3.8) is 0 Å². The van der Waals surface area contributed by atoms with Gasteiger partial charge in [0.25, 0.3) is 11.8 Å². The van der Waals surface area contributed by atoms with Gasteiger partial charge in [0, 0.05) is 37.1 Å². The molecule has 2 heterocycles. The first kappa shape index (κ1) is 21.4. The number of nitrogens with two attached hydrogens (primary N) is 2. The third-order valence-electron chi connectivity index (χ3n) is 4.30. The molecule has 10 heteroatoms. The van der Waals surface area contributed by atoms with E-state index in [0.717, 1.165) is 5.56 Å². The molecule has 1 aromatic carbocycles. The Hall–Kier alpha value is -4.34. The fourth-order valence-corrected chi connectivity index (χ4v) is 2.65. The Morgan fingerprint density at radius 1 is 1.13 bits per heavy atom. The van der Waals surface area contributed by atoms with Crippen molar-refractivity contribution in [3.8, 4) is 11.5 Å². The second kappa shape index (κ2) is 8.99. The lowest BCUT2D eigenvalue weighted by atomic mass is 10.1. The Morgan fingerprint density at radius 3 is 2.42 bits per heavy atom. The first-order chi connectivity index (χ1) is 14.8. The van der Waals surface area contributed by atoms with Gasteiger partial charge in [0.15, 0.2) is 11.5 Å². The molecule has 10 nitrogen and oxygen atoms in total. The Bertz CT molecular complexity index is 1180. The number of hydrogen-bond donors (Lipinski definition) is 2. The second-order valence-electron chi connectivity index (χ2n) is 6.75. The van der Waals surface area contributed by atoms with E-state index in [1.165, 1.54) is 11.1 Å². The molecule has 3 rings (SSSR count). The predicted octanol–water partition coefficient (Wildman–Crippen LogP) is 2.21. The van der Waals surface area contributed by atoms with E-state index in [0.29, 0.717) is 22.7 Å². The minimum absolute atomic E-state index is 0.0307. The summed E-state index contributed by atoms with van der Waals surface area (Å²) in [6, 6.07) is 10.4. The van der Waals surface area contributed by atoms with Crippen LogP contribution in [0.1, 0.15) is 28.7 Å². The summed E-state index contributed by atoms with van der Waals surface area (Å²) >= 11 is 0. The molecule has 31 heavy (non-hydrogen) atoms. The number of nitrogen functional groups attached to an aromatic ring is 1. The number of aliphatic imine (C=N–C) groups is 2. The SMILES string of the molecule is C=N/C(N)=C(\N=C(/C)c1ccc(C(=O)N(C)C)cc1)c1nnc(-c2ccnc(N)c2)o1.